The van der Waals surface area contributed by atoms with Gasteiger partial charge in [0.05, 0.1) is 0 Å². The van der Waals surface area contributed by atoms with Gasteiger partial charge in [0, 0.05) is 0 Å². The highest BCUT2D eigenvalue weighted by molar-refractivity contribution is 5.66. The van der Waals surface area contributed by atoms with E-state index in [0.717, 1.165) is 0 Å². The molecule has 0 N–H and O–H groups in total. The zero-order valence-corrected chi connectivity index (χ0v) is 10.4. The Hall–Kier alpha value is -1.04. The molecule has 0 bridgehead atoms. The van der Waals surface area contributed by atoms with Crippen molar-refractivity contribution in [1.29, 1.82) is 0 Å². The molecule has 0 radical (unpaired) electrons. The number of hydrogen-bond acceptors (Lipinski definition) is 0. The lowest BCUT2D eigenvalue weighted by atomic mass is 9.99. The second-order valence-electron chi connectivity index (χ2n) is 4.35. The fourth-order valence-corrected chi connectivity index (χ4v) is 1.89. The first-order chi connectivity index (χ1) is 7.15. The molecule has 0 nitrogen and oxygen atoms in total. The summed E-state index contributed by atoms with van der Waals surface area (Å²) >= 11 is 0. The first kappa shape index (κ1) is 12.0. The summed E-state index contributed by atoms with van der Waals surface area (Å²) in [6.45, 7) is 8.79. The van der Waals surface area contributed by atoms with Gasteiger partial charge in [-0.2, -0.15) is 0 Å². The molecule has 0 aliphatic rings. The van der Waals surface area contributed by atoms with E-state index in [9.17, 15) is 0 Å². The summed E-state index contributed by atoms with van der Waals surface area (Å²) in [5, 5.41) is 0. The van der Waals surface area contributed by atoms with Gasteiger partial charge in [-0.25, -0.2) is 0 Å². The Morgan fingerprint density at radius 1 is 1.27 bits per heavy atom. The highest BCUT2D eigenvalue weighted by Crippen LogP contribution is 2.20. The van der Waals surface area contributed by atoms with Crippen molar-refractivity contribution in [3.63, 3.8) is 0 Å². The number of benzene rings is 1. The first-order valence-electron chi connectivity index (χ1n) is 5.89. The maximum Gasteiger partial charge on any atom is -0.0201 e. The monoisotopic (exact) mass is 202 g/mol. The standard InChI is InChI=1S/C15H22/c1-5-6-7-8-13(3)15-10-9-12(2)11-14(15)4/h8-11H,5-7H2,1-4H3. The highest BCUT2D eigenvalue weighted by atomic mass is 14.0. The van der Waals surface area contributed by atoms with E-state index in [1.807, 2.05) is 0 Å². The number of unbranched alkanes of at least 4 members (excludes halogenated alkanes) is 2. The SMILES string of the molecule is CCCCC=C(C)c1ccc(C)cc1C. The van der Waals surface area contributed by atoms with Crippen molar-refractivity contribution >= 4 is 5.57 Å². The lowest BCUT2D eigenvalue weighted by molar-refractivity contribution is 0.815. The van der Waals surface area contributed by atoms with Crippen molar-refractivity contribution in [3.8, 4) is 0 Å². The van der Waals surface area contributed by atoms with Gasteiger partial charge in [-0.1, -0.05) is 49.6 Å². The Morgan fingerprint density at radius 3 is 2.60 bits per heavy atom. The predicted molar refractivity (Wildman–Crippen MR) is 69.1 cm³/mol. The normalized spacial score (nSPS) is 11.9. The molecule has 0 aliphatic heterocycles. The molecule has 0 saturated heterocycles. The minimum atomic E-state index is 1.20. The summed E-state index contributed by atoms with van der Waals surface area (Å²) in [5.41, 5.74) is 5.55. The van der Waals surface area contributed by atoms with Crippen LogP contribution < -0.4 is 0 Å². The molecule has 0 atom stereocenters. The van der Waals surface area contributed by atoms with E-state index in [-0.39, 0.29) is 0 Å². The molecule has 0 saturated carbocycles. The zero-order valence-electron chi connectivity index (χ0n) is 10.4. The molecule has 0 aliphatic carbocycles. The molecule has 0 spiro atoms. The van der Waals surface area contributed by atoms with Crippen LogP contribution in [0.5, 0.6) is 0 Å². The molecular weight excluding hydrogens is 180 g/mol. The predicted octanol–water partition coefficient (Wildman–Crippen LogP) is 4.90. The van der Waals surface area contributed by atoms with Crippen LogP contribution in [0.2, 0.25) is 0 Å². The van der Waals surface area contributed by atoms with Crippen molar-refractivity contribution in [2.24, 2.45) is 0 Å². The summed E-state index contributed by atoms with van der Waals surface area (Å²) < 4.78 is 0. The first-order valence-corrected chi connectivity index (χ1v) is 5.89. The van der Waals surface area contributed by atoms with Gasteiger partial charge in [-0.05, 0) is 43.9 Å². The fraction of sp³-hybridized carbons (Fsp3) is 0.467. The number of aryl methyl sites for hydroxylation is 2. The van der Waals surface area contributed by atoms with Crippen molar-refractivity contribution in [3.05, 3.63) is 41.0 Å². The highest BCUT2D eigenvalue weighted by Gasteiger charge is 1.99. The Balaban J connectivity index is 2.81. The largest absolute Gasteiger partial charge is 0.0810 e. The van der Waals surface area contributed by atoms with Crippen LogP contribution in [0.4, 0.5) is 0 Å². The molecule has 0 amide bonds. The Morgan fingerprint density at radius 2 is 2.00 bits per heavy atom. The van der Waals surface area contributed by atoms with Gasteiger partial charge < -0.3 is 0 Å². The van der Waals surface area contributed by atoms with E-state index in [2.05, 4.69) is 52.0 Å². The van der Waals surface area contributed by atoms with E-state index < -0.39 is 0 Å². The molecule has 1 rings (SSSR count). The van der Waals surface area contributed by atoms with Gasteiger partial charge in [0.15, 0.2) is 0 Å². The van der Waals surface area contributed by atoms with Crippen LogP contribution in [0, 0.1) is 13.8 Å². The van der Waals surface area contributed by atoms with Gasteiger partial charge in [-0.15, -0.1) is 0 Å². The summed E-state index contributed by atoms with van der Waals surface area (Å²) in [6.07, 6.45) is 6.13. The zero-order chi connectivity index (χ0) is 11.3. The van der Waals surface area contributed by atoms with Crippen LogP contribution >= 0.6 is 0 Å². The maximum atomic E-state index is 2.36. The van der Waals surface area contributed by atoms with Crippen LogP contribution in [0.15, 0.2) is 24.3 Å². The fourth-order valence-electron chi connectivity index (χ4n) is 1.89. The summed E-state index contributed by atoms with van der Waals surface area (Å²) in [4.78, 5) is 0. The second-order valence-corrected chi connectivity index (χ2v) is 4.35. The summed E-state index contributed by atoms with van der Waals surface area (Å²) in [5.74, 6) is 0. The Labute approximate surface area is 94.0 Å². The molecule has 0 aromatic heterocycles. The van der Waals surface area contributed by atoms with Crippen LogP contribution in [0.3, 0.4) is 0 Å². The van der Waals surface area contributed by atoms with Crippen LogP contribution in [-0.4, -0.2) is 0 Å². The minimum Gasteiger partial charge on any atom is -0.0810 e. The lowest BCUT2D eigenvalue weighted by Gasteiger charge is -2.07. The third-order valence-electron chi connectivity index (χ3n) is 2.81. The van der Waals surface area contributed by atoms with Crippen LogP contribution in [0.1, 0.15) is 49.8 Å². The number of rotatable bonds is 4. The number of hydrogen-bond donors (Lipinski definition) is 0. The molecule has 0 fully saturated rings. The average Bonchev–Trinajstić information content (AvgIpc) is 2.17. The molecule has 1 aromatic carbocycles. The molecule has 0 heteroatoms. The van der Waals surface area contributed by atoms with Gasteiger partial charge >= 0.3 is 0 Å². The topological polar surface area (TPSA) is 0 Å². The average molecular weight is 202 g/mol. The number of allylic oxidation sites excluding steroid dienone is 2. The molecule has 82 valence electrons. The van der Waals surface area contributed by atoms with Crippen molar-refractivity contribution in [1.82, 2.24) is 0 Å². The van der Waals surface area contributed by atoms with Gasteiger partial charge in [0.25, 0.3) is 0 Å². The third-order valence-corrected chi connectivity index (χ3v) is 2.81. The Kier molecular flexibility index (Phi) is 4.61. The second kappa shape index (κ2) is 5.75. The van der Waals surface area contributed by atoms with E-state index >= 15 is 0 Å². The van der Waals surface area contributed by atoms with E-state index in [1.165, 1.54) is 41.5 Å². The van der Waals surface area contributed by atoms with Crippen LogP contribution in [-0.2, 0) is 0 Å². The molecule has 15 heavy (non-hydrogen) atoms. The quantitative estimate of drug-likeness (QED) is 0.609. The van der Waals surface area contributed by atoms with E-state index in [4.69, 9.17) is 0 Å². The summed E-state index contributed by atoms with van der Waals surface area (Å²) in [6, 6.07) is 6.69. The molecule has 0 heterocycles. The third kappa shape index (κ3) is 3.54. The van der Waals surface area contributed by atoms with Crippen molar-refractivity contribution in [2.75, 3.05) is 0 Å². The van der Waals surface area contributed by atoms with Crippen molar-refractivity contribution < 1.29 is 0 Å². The smallest absolute Gasteiger partial charge is 0.0201 e. The minimum absolute atomic E-state index is 1.20. The van der Waals surface area contributed by atoms with E-state index in [1.54, 1.807) is 0 Å². The maximum absolute atomic E-state index is 2.36. The molecule has 1 aromatic rings. The summed E-state index contributed by atoms with van der Waals surface area (Å²) in [7, 11) is 0. The lowest BCUT2D eigenvalue weighted by Crippen LogP contribution is -1.87. The van der Waals surface area contributed by atoms with Gasteiger partial charge in [-0.3, -0.25) is 0 Å². The van der Waals surface area contributed by atoms with Gasteiger partial charge in [0.1, 0.15) is 0 Å². The molecular formula is C15H22. The van der Waals surface area contributed by atoms with Crippen LogP contribution in [0.25, 0.3) is 5.57 Å². The Bertz CT molecular complexity index is 345. The van der Waals surface area contributed by atoms with Crippen molar-refractivity contribution in [2.45, 2.75) is 47.0 Å². The van der Waals surface area contributed by atoms with Gasteiger partial charge in [0.2, 0.25) is 0 Å². The molecule has 0 unspecified atom stereocenters. The van der Waals surface area contributed by atoms with E-state index in [0.29, 0.717) is 0 Å².